The highest BCUT2D eigenvalue weighted by molar-refractivity contribution is 5.76. The Kier molecular flexibility index (Phi) is 10.7. The Bertz CT molecular complexity index is 369. The summed E-state index contributed by atoms with van der Waals surface area (Å²) < 4.78 is 25.0. The van der Waals surface area contributed by atoms with Crippen molar-refractivity contribution in [3.8, 4) is 0 Å². The molecule has 0 aromatic heterocycles. The highest BCUT2D eigenvalue weighted by Gasteiger charge is 2.36. The summed E-state index contributed by atoms with van der Waals surface area (Å²) in [6.45, 7) is 5.00. The minimum absolute atomic E-state index is 0.194. The van der Waals surface area contributed by atoms with Crippen LogP contribution in [0, 0.1) is 5.92 Å². The lowest BCUT2D eigenvalue weighted by Crippen LogP contribution is -2.32. The molecule has 1 rings (SSSR count). The topological polar surface area (TPSA) is 69.1 Å². The van der Waals surface area contributed by atoms with Crippen LogP contribution in [0.4, 0.5) is 8.78 Å². The first-order valence-electron chi connectivity index (χ1n) is 8.05. The van der Waals surface area contributed by atoms with Crippen molar-refractivity contribution in [1.82, 2.24) is 0 Å². The summed E-state index contributed by atoms with van der Waals surface area (Å²) in [5.74, 6) is -3.33. The van der Waals surface area contributed by atoms with E-state index >= 15 is 0 Å². The van der Waals surface area contributed by atoms with Crippen LogP contribution in [0.25, 0.3) is 0 Å². The molecule has 128 valence electrons. The van der Waals surface area contributed by atoms with Crippen LogP contribution in [0.1, 0.15) is 58.8 Å². The lowest BCUT2D eigenvalue weighted by molar-refractivity contribution is -0.125. The van der Waals surface area contributed by atoms with Gasteiger partial charge in [-0.3, -0.25) is 4.79 Å². The zero-order chi connectivity index (χ0) is 17.0. The number of nitrogens with two attached hydrogens (primary N) is 2. The van der Waals surface area contributed by atoms with Crippen molar-refractivity contribution in [3.63, 3.8) is 0 Å². The predicted molar refractivity (Wildman–Crippen MR) is 87.6 cm³/mol. The van der Waals surface area contributed by atoms with Crippen molar-refractivity contribution < 1.29 is 13.6 Å². The highest BCUT2D eigenvalue weighted by Crippen LogP contribution is 2.35. The fraction of sp³-hybridized carbons (Fsp3) is 0.706. The quantitative estimate of drug-likeness (QED) is 0.729. The van der Waals surface area contributed by atoms with Crippen LogP contribution in [0.3, 0.4) is 0 Å². The van der Waals surface area contributed by atoms with Crippen molar-refractivity contribution in [2.75, 3.05) is 6.54 Å². The van der Waals surface area contributed by atoms with Gasteiger partial charge in [0.2, 0.25) is 11.8 Å². The van der Waals surface area contributed by atoms with E-state index in [0.29, 0.717) is 0 Å². The summed E-state index contributed by atoms with van der Waals surface area (Å²) >= 11 is 0. The number of amides is 1. The Balaban J connectivity index is 0.000000401. The maximum absolute atomic E-state index is 12.5. The first-order chi connectivity index (χ1) is 10.4. The van der Waals surface area contributed by atoms with Gasteiger partial charge in [0.05, 0.1) is 0 Å². The molecule has 5 heteroatoms. The van der Waals surface area contributed by atoms with Crippen LogP contribution < -0.4 is 11.5 Å². The third-order valence-electron chi connectivity index (χ3n) is 3.64. The van der Waals surface area contributed by atoms with Crippen LogP contribution in [0.2, 0.25) is 0 Å². The monoisotopic (exact) mass is 316 g/mol. The average molecular weight is 316 g/mol. The summed E-state index contributed by atoms with van der Waals surface area (Å²) in [6.07, 6.45) is 9.92. The molecule has 1 amide bonds. The first-order valence-corrected chi connectivity index (χ1v) is 8.05. The maximum atomic E-state index is 12.5. The number of allylic oxidation sites excluding steroid dienone is 4. The Morgan fingerprint density at radius 3 is 2.32 bits per heavy atom. The molecule has 1 aliphatic rings. The fourth-order valence-corrected chi connectivity index (χ4v) is 2.36. The van der Waals surface area contributed by atoms with Crippen molar-refractivity contribution in [2.45, 2.75) is 64.7 Å². The third-order valence-corrected chi connectivity index (χ3v) is 3.64. The highest BCUT2D eigenvalue weighted by atomic mass is 19.3. The van der Waals surface area contributed by atoms with E-state index in [2.05, 4.69) is 25.2 Å². The molecular formula is C17H30F2N2O. The third kappa shape index (κ3) is 9.66. The molecule has 1 aliphatic carbocycles. The van der Waals surface area contributed by atoms with Gasteiger partial charge in [0.1, 0.15) is 0 Å². The zero-order valence-corrected chi connectivity index (χ0v) is 13.8. The number of hydrogen-bond acceptors (Lipinski definition) is 2. The molecule has 0 aromatic rings. The van der Waals surface area contributed by atoms with E-state index in [9.17, 15) is 13.6 Å². The van der Waals surface area contributed by atoms with Crippen LogP contribution in [-0.2, 0) is 4.79 Å². The maximum Gasteiger partial charge on any atom is 0.248 e. The molecule has 1 fully saturated rings. The molecule has 0 atom stereocenters. The average Bonchev–Trinajstić information content (AvgIpc) is 2.45. The lowest BCUT2D eigenvalue weighted by Gasteiger charge is -2.25. The molecule has 0 spiro atoms. The number of carbonyl (C=O) groups excluding carboxylic acids is 1. The second-order valence-corrected chi connectivity index (χ2v) is 5.61. The number of halogens is 2. The molecule has 0 radical (unpaired) electrons. The van der Waals surface area contributed by atoms with Crippen LogP contribution in [-0.4, -0.2) is 18.4 Å². The van der Waals surface area contributed by atoms with E-state index in [0.717, 1.165) is 25.8 Å². The SMILES string of the molecule is C/C=C\C(=C/CC)CCCN.NC(=O)C1CCC(F)(F)CC1. The smallest absolute Gasteiger partial charge is 0.248 e. The van der Waals surface area contributed by atoms with E-state index in [1.165, 1.54) is 5.57 Å². The standard InChI is InChI=1S/C10H19N.C7H11F2NO/c1-3-6-10(7-4-2)8-5-9-11;8-7(9)3-1-5(2-4-7)6(10)11/h3,6-7H,4-5,8-9,11H2,1-2H3;5H,1-4H2,(H2,10,11)/b6-3-,10-7+;. The van der Waals surface area contributed by atoms with Gasteiger partial charge in [-0.05, 0) is 45.6 Å². The van der Waals surface area contributed by atoms with Gasteiger partial charge >= 0.3 is 0 Å². The van der Waals surface area contributed by atoms with E-state index < -0.39 is 11.8 Å². The number of carbonyl (C=O) groups is 1. The first kappa shape index (κ1) is 20.8. The normalized spacial score (nSPS) is 18.9. The molecule has 22 heavy (non-hydrogen) atoms. The number of hydrogen-bond donors (Lipinski definition) is 2. The van der Waals surface area contributed by atoms with Crippen LogP contribution in [0.15, 0.2) is 23.8 Å². The zero-order valence-electron chi connectivity index (χ0n) is 13.8. The Morgan fingerprint density at radius 1 is 1.32 bits per heavy atom. The predicted octanol–water partition coefficient (Wildman–Crippen LogP) is 3.94. The van der Waals surface area contributed by atoms with Gasteiger partial charge in [-0.25, -0.2) is 8.78 Å². The van der Waals surface area contributed by atoms with Crippen LogP contribution in [0.5, 0.6) is 0 Å². The molecule has 4 N–H and O–H groups in total. The minimum atomic E-state index is -2.56. The summed E-state index contributed by atoms with van der Waals surface area (Å²) in [7, 11) is 0. The van der Waals surface area contributed by atoms with Gasteiger partial charge < -0.3 is 11.5 Å². The molecular weight excluding hydrogens is 286 g/mol. The van der Waals surface area contributed by atoms with E-state index in [1.807, 2.05) is 6.92 Å². The van der Waals surface area contributed by atoms with Crippen molar-refractivity contribution in [2.24, 2.45) is 17.4 Å². The second-order valence-electron chi connectivity index (χ2n) is 5.61. The Hall–Kier alpha value is -1.23. The van der Waals surface area contributed by atoms with Crippen molar-refractivity contribution in [1.29, 1.82) is 0 Å². The summed E-state index contributed by atoms with van der Waals surface area (Å²) in [5, 5.41) is 0. The minimum Gasteiger partial charge on any atom is -0.369 e. The molecule has 0 aliphatic heterocycles. The molecule has 3 nitrogen and oxygen atoms in total. The van der Waals surface area contributed by atoms with E-state index in [-0.39, 0.29) is 31.6 Å². The van der Waals surface area contributed by atoms with E-state index in [4.69, 9.17) is 11.5 Å². The Labute approximate surface area is 132 Å². The van der Waals surface area contributed by atoms with Gasteiger partial charge in [-0.2, -0.15) is 0 Å². The molecule has 0 aromatic carbocycles. The molecule has 1 saturated carbocycles. The second kappa shape index (κ2) is 11.4. The summed E-state index contributed by atoms with van der Waals surface area (Å²) in [5.41, 5.74) is 11.8. The summed E-state index contributed by atoms with van der Waals surface area (Å²) in [4.78, 5) is 10.5. The summed E-state index contributed by atoms with van der Waals surface area (Å²) in [6, 6.07) is 0. The van der Waals surface area contributed by atoms with Crippen molar-refractivity contribution in [3.05, 3.63) is 23.8 Å². The molecule has 0 heterocycles. The molecule has 0 unspecified atom stereocenters. The number of alkyl halides is 2. The number of primary amides is 1. The van der Waals surface area contributed by atoms with Crippen LogP contribution >= 0.6 is 0 Å². The fourth-order valence-electron chi connectivity index (χ4n) is 2.36. The van der Waals surface area contributed by atoms with Gasteiger partial charge in [0.15, 0.2) is 0 Å². The van der Waals surface area contributed by atoms with Gasteiger partial charge in [-0.15, -0.1) is 0 Å². The van der Waals surface area contributed by atoms with E-state index in [1.54, 1.807) is 0 Å². The largest absolute Gasteiger partial charge is 0.369 e. The van der Waals surface area contributed by atoms with Gasteiger partial charge in [0, 0.05) is 18.8 Å². The van der Waals surface area contributed by atoms with Crippen molar-refractivity contribution >= 4 is 5.91 Å². The lowest BCUT2D eigenvalue weighted by atomic mass is 9.86. The molecule has 0 saturated heterocycles. The number of rotatable bonds is 6. The Morgan fingerprint density at radius 2 is 1.91 bits per heavy atom. The van der Waals surface area contributed by atoms with Gasteiger partial charge in [-0.1, -0.05) is 30.7 Å². The molecule has 0 bridgehead atoms. The van der Waals surface area contributed by atoms with Gasteiger partial charge in [0.25, 0.3) is 0 Å².